The summed E-state index contributed by atoms with van der Waals surface area (Å²) in [6.07, 6.45) is 5.31. The van der Waals surface area contributed by atoms with Gasteiger partial charge in [-0.3, -0.25) is 9.59 Å². The van der Waals surface area contributed by atoms with Crippen molar-refractivity contribution in [2.45, 2.75) is 44.2 Å². The molecule has 3 N–H and O–H groups in total. The molecule has 0 aromatic heterocycles. The third-order valence-electron chi connectivity index (χ3n) is 4.09. The fourth-order valence-corrected chi connectivity index (χ4v) is 2.75. The fraction of sp³-hybridized carbons (Fsp3) is 0.529. The summed E-state index contributed by atoms with van der Waals surface area (Å²) in [5.41, 5.74) is 0.383. The van der Waals surface area contributed by atoms with Gasteiger partial charge in [0.05, 0.1) is 13.7 Å². The molecule has 0 unspecified atom stereocenters. The van der Waals surface area contributed by atoms with E-state index >= 15 is 0 Å². The number of aliphatic hydroxyl groups excluding tert-OH is 1. The van der Waals surface area contributed by atoms with Gasteiger partial charge in [0, 0.05) is 11.6 Å². The van der Waals surface area contributed by atoms with Gasteiger partial charge in [0.25, 0.3) is 5.91 Å². The lowest BCUT2D eigenvalue weighted by Crippen LogP contribution is -2.51. The summed E-state index contributed by atoms with van der Waals surface area (Å²) >= 11 is 0. The van der Waals surface area contributed by atoms with E-state index in [0.717, 1.165) is 25.7 Å². The van der Waals surface area contributed by atoms with Gasteiger partial charge in [-0.15, -0.1) is 0 Å². The van der Waals surface area contributed by atoms with Crippen molar-refractivity contribution in [1.29, 1.82) is 0 Å². The first-order valence-electron chi connectivity index (χ1n) is 8.00. The van der Waals surface area contributed by atoms with E-state index in [-0.39, 0.29) is 11.9 Å². The molecule has 6 heteroatoms. The second-order valence-electron chi connectivity index (χ2n) is 5.78. The Morgan fingerprint density at radius 3 is 2.70 bits per heavy atom. The molecule has 126 valence electrons. The van der Waals surface area contributed by atoms with E-state index in [1.165, 1.54) is 13.5 Å². The zero-order valence-electron chi connectivity index (χ0n) is 13.4. The first-order chi connectivity index (χ1) is 11.1. The number of benzene rings is 1. The lowest BCUT2D eigenvalue weighted by atomic mass is 9.95. The summed E-state index contributed by atoms with van der Waals surface area (Å²) in [5, 5.41) is 14.9. The van der Waals surface area contributed by atoms with Crippen LogP contribution < -0.4 is 15.4 Å². The minimum atomic E-state index is -0.948. The van der Waals surface area contributed by atoms with Crippen molar-refractivity contribution in [3.63, 3.8) is 0 Å². The summed E-state index contributed by atoms with van der Waals surface area (Å²) in [4.78, 5) is 24.4. The van der Waals surface area contributed by atoms with Crippen LogP contribution in [0.5, 0.6) is 5.75 Å². The summed E-state index contributed by atoms with van der Waals surface area (Å²) in [6, 6.07) is 5.84. The smallest absolute Gasteiger partial charge is 0.252 e. The maximum atomic E-state index is 12.2. The predicted molar refractivity (Wildman–Crippen MR) is 86.3 cm³/mol. The number of hydrogen-bond donors (Lipinski definition) is 3. The highest BCUT2D eigenvalue weighted by molar-refractivity contribution is 5.97. The van der Waals surface area contributed by atoms with Gasteiger partial charge in [-0.1, -0.05) is 25.3 Å². The van der Waals surface area contributed by atoms with Crippen molar-refractivity contribution < 1.29 is 19.4 Å². The number of methoxy groups -OCH3 is 1. The molecule has 0 radical (unpaired) electrons. The molecule has 2 amide bonds. The molecule has 1 aromatic carbocycles. The number of amides is 2. The van der Waals surface area contributed by atoms with Gasteiger partial charge >= 0.3 is 0 Å². The lowest BCUT2D eigenvalue weighted by molar-refractivity contribution is -0.124. The number of aliphatic hydroxyl groups is 1. The third kappa shape index (κ3) is 4.96. The molecule has 23 heavy (non-hydrogen) atoms. The summed E-state index contributed by atoms with van der Waals surface area (Å²) in [5.74, 6) is -0.192. The van der Waals surface area contributed by atoms with Crippen molar-refractivity contribution in [3.05, 3.63) is 29.8 Å². The van der Waals surface area contributed by atoms with E-state index in [9.17, 15) is 14.7 Å². The quantitative estimate of drug-likeness (QED) is 0.736. The average Bonchev–Trinajstić information content (AvgIpc) is 2.60. The second kappa shape index (κ2) is 8.53. The first-order valence-corrected chi connectivity index (χ1v) is 8.00. The molecule has 6 nitrogen and oxygen atoms in total. The number of ether oxygens (including phenoxy) is 1. The summed E-state index contributed by atoms with van der Waals surface area (Å²) in [7, 11) is 1.52. The van der Waals surface area contributed by atoms with Crippen LogP contribution in [0, 0.1) is 0 Å². The number of nitrogens with one attached hydrogen (secondary N) is 2. The van der Waals surface area contributed by atoms with Crippen molar-refractivity contribution in [2.75, 3.05) is 13.7 Å². The Morgan fingerprint density at radius 2 is 2.04 bits per heavy atom. The SMILES string of the molecule is COc1cccc(C(=O)N[C@@H](CO)C(=O)NC2CCCCC2)c1. The average molecular weight is 320 g/mol. The molecule has 0 saturated heterocycles. The number of carbonyl (C=O) groups excluding carboxylic acids is 2. The Balaban J connectivity index is 1.94. The van der Waals surface area contributed by atoms with Crippen LogP contribution in [0.4, 0.5) is 0 Å². The van der Waals surface area contributed by atoms with Crippen LogP contribution in [-0.2, 0) is 4.79 Å². The van der Waals surface area contributed by atoms with E-state index < -0.39 is 18.6 Å². The molecule has 1 aliphatic rings. The van der Waals surface area contributed by atoms with E-state index in [4.69, 9.17) is 4.74 Å². The molecule has 1 fully saturated rings. The van der Waals surface area contributed by atoms with Gasteiger partial charge in [-0.2, -0.15) is 0 Å². The Bertz CT molecular complexity index is 541. The highest BCUT2D eigenvalue weighted by atomic mass is 16.5. The Hall–Kier alpha value is -2.08. The molecular weight excluding hydrogens is 296 g/mol. The van der Waals surface area contributed by atoms with Crippen molar-refractivity contribution in [3.8, 4) is 5.75 Å². The summed E-state index contributed by atoms with van der Waals surface area (Å²) in [6.45, 7) is -0.436. The summed E-state index contributed by atoms with van der Waals surface area (Å²) < 4.78 is 5.08. The highest BCUT2D eigenvalue weighted by Crippen LogP contribution is 2.17. The zero-order chi connectivity index (χ0) is 16.7. The van der Waals surface area contributed by atoms with Crippen LogP contribution in [-0.4, -0.2) is 42.7 Å². The zero-order valence-corrected chi connectivity index (χ0v) is 13.4. The predicted octanol–water partition coefficient (Wildman–Crippen LogP) is 1.23. The van der Waals surface area contributed by atoms with E-state index in [1.807, 2.05) is 0 Å². The monoisotopic (exact) mass is 320 g/mol. The number of hydrogen-bond acceptors (Lipinski definition) is 4. The minimum Gasteiger partial charge on any atom is -0.497 e. The van der Waals surface area contributed by atoms with E-state index in [2.05, 4.69) is 10.6 Å². The van der Waals surface area contributed by atoms with Crippen LogP contribution in [0.25, 0.3) is 0 Å². The fourth-order valence-electron chi connectivity index (χ4n) is 2.75. The molecule has 0 spiro atoms. The molecule has 0 heterocycles. The molecule has 0 bridgehead atoms. The van der Waals surface area contributed by atoms with Gasteiger partial charge in [0.2, 0.25) is 5.91 Å². The Labute approximate surface area is 136 Å². The largest absolute Gasteiger partial charge is 0.497 e. The normalized spacial score (nSPS) is 16.4. The van der Waals surface area contributed by atoms with Crippen molar-refractivity contribution in [1.82, 2.24) is 10.6 Å². The van der Waals surface area contributed by atoms with Crippen molar-refractivity contribution >= 4 is 11.8 Å². The highest BCUT2D eigenvalue weighted by Gasteiger charge is 2.24. The van der Waals surface area contributed by atoms with Gasteiger partial charge in [-0.05, 0) is 31.0 Å². The van der Waals surface area contributed by atoms with Crippen LogP contribution in [0.2, 0.25) is 0 Å². The lowest BCUT2D eigenvalue weighted by Gasteiger charge is -2.25. The molecular formula is C17H24N2O4. The third-order valence-corrected chi connectivity index (χ3v) is 4.09. The molecule has 1 aliphatic carbocycles. The molecule has 1 atom stereocenters. The number of carbonyl (C=O) groups is 2. The Kier molecular flexibility index (Phi) is 6.40. The first kappa shape index (κ1) is 17.3. The van der Waals surface area contributed by atoms with Gasteiger partial charge in [0.1, 0.15) is 11.8 Å². The van der Waals surface area contributed by atoms with Crippen LogP contribution >= 0.6 is 0 Å². The van der Waals surface area contributed by atoms with Crippen molar-refractivity contribution in [2.24, 2.45) is 0 Å². The van der Waals surface area contributed by atoms with Gasteiger partial charge in [0.15, 0.2) is 0 Å². The van der Waals surface area contributed by atoms with Crippen LogP contribution in [0.3, 0.4) is 0 Å². The van der Waals surface area contributed by atoms with Gasteiger partial charge < -0.3 is 20.5 Å². The van der Waals surface area contributed by atoms with E-state index in [1.54, 1.807) is 24.3 Å². The van der Waals surface area contributed by atoms with Crippen LogP contribution in [0.1, 0.15) is 42.5 Å². The number of rotatable bonds is 6. The Morgan fingerprint density at radius 1 is 1.30 bits per heavy atom. The van der Waals surface area contributed by atoms with Gasteiger partial charge in [-0.25, -0.2) is 0 Å². The maximum Gasteiger partial charge on any atom is 0.252 e. The standard InChI is InChI=1S/C17H24N2O4/c1-23-14-9-5-6-12(10-14)16(21)19-15(11-20)17(22)18-13-7-3-2-4-8-13/h5-6,9-10,13,15,20H,2-4,7-8,11H2,1H3,(H,18,22)(H,19,21)/t15-/m0/s1. The molecule has 0 aliphatic heterocycles. The topological polar surface area (TPSA) is 87.7 Å². The molecule has 1 saturated carbocycles. The van der Waals surface area contributed by atoms with Crippen LogP contribution in [0.15, 0.2) is 24.3 Å². The molecule has 1 aromatic rings. The van der Waals surface area contributed by atoms with E-state index in [0.29, 0.717) is 11.3 Å². The molecule has 2 rings (SSSR count). The second-order valence-corrected chi connectivity index (χ2v) is 5.78. The maximum absolute atomic E-state index is 12.2. The minimum absolute atomic E-state index is 0.138.